The number of methoxy groups -OCH3 is 1. The van der Waals surface area contributed by atoms with Crippen LogP contribution in [0.25, 0.3) is 0 Å². The molecule has 14 heteroatoms. The molecule has 1 heterocycles. The molecule has 0 aliphatic rings. The number of benzene rings is 1. The minimum atomic E-state index is -4.38. The van der Waals surface area contributed by atoms with E-state index in [9.17, 15) is 18.0 Å². The first-order valence-electron chi connectivity index (χ1n) is 7.59. The third kappa shape index (κ3) is 7.20. The molecular weight excluding hydrogens is 471 g/mol. The van der Waals surface area contributed by atoms with E-state index in [1.165, 1.54) is 37.4 Å². The summed E-state index contributed by atoms with van der Waals surface area (Å²) in [5.74, 6) is -1.03. The lowest BCUT2D eigenvalue weighted by Gasteiger charge is -2.11. The van der Waals surface area contributed by atoms with Gasteiger partial charge in [-0.05, 0) is 19.1 Å². The molecule has 0 saturated heterocycles. The summed E-state index contributed by atoms with van der Waals surface area (Å²) in [5.41, 5.74) is -0.208. The summed E-state index contributed by atoms with van der Waals surface area (Å²) in [4.78, 5) is 31.1. The van der Waals surface area contributed by atoms with Crippen LogP contribution in [0, 0.1) is 0 Å². The van der Waals surface area contributed by atoms with E-state index in [1.54, 1.807) is 11.6 Å². The van der Waals surface area contributed by atoms with E-state index in [0.717, 1.165) is 0 Å². The van der Waals surface area contributed by atoms with Crippen LogP contribution in [0.2, 0.25) is 5.15 Å². The van der Waals surface area contributed by atoms with Gasteiger partial charge in [-0.3, -0.25) is 5.32 Å². The molecule has 0 saturated carbocycles. The van der Waals surface area contributed by atoms with Crippen LogP contribution < -0.4 is 14.8 Å². The number of anilines is 1. The Hall–Kier alpha value is -2.34. The first-order chi connectivity index (χ1) is 13.8. The summed E-state index contributed by atoms with van der Waals surface area (Å²) < 4.78 is 36.4. The fourth-order valence-electron chi connectivity index (χ4n) is 1.94. The summed E-state index contributed by atoms with van der Waals surface area (Å²) in [6, 6.07) is 5.46. The third-order valence-electron chi connectivity index (χ3n) is 3.00. The van der Waals surface area contributed by atoms with E-state index in [-0.39, 0.29) is 29.2 Å². The Morgan fingerprint density at radius 3 is 2.45 bits per heavy atom. The maximum absolute atomic E-state index is 12.5. The Morgan fingerprint density at radius 2 is 1.83 bits per heavy atom. The lowest BCUT2D eigenvalue weighted by atomic mass is 10.2. The van der Waals surface area contributed by atoms with E-state index < -0.39 is 26.9 Å². The molecule has 1 aromatic carbocycles. The second-order valence-electron chi connectivity index (χ2n) is 4.83. The van der Waals surface area contributed by atoms with Gasteiger partial charge in [0.1, 0.15) is 10.0 Å². The number of urea groups is 1. The van der Waals surface area contributed by atoms with E-state index in [2.05, 4.69) is 37.0 Å². The first kappa shape index (κ1) is 24.7. The molecule has 0 fully saturated rings. The molecule has 0 unspecified atom stereocenters. The number of sulfonamides is 1. The van der Waals surface area contributed by atoms with Crippen LogP contribution in [0.5, 0.6) is 5.88 Å². The Bertz CT molecular complexity index is 974. The fraction of sp³-hybridized carbons (Fsp3) is 0.200. The van der Waals surface area contributed by atoms with Crippen molar-refractivity contribution < 1.29 is 27.5 Å². The lowest BCUT2D eigenvalue weighted by molar-refractivity contribution is 0.0521. The molecular formula is C15H15Cl3N4O6S. The molecule has 0 spiro atoms. The number of halogens is 3. The van der Waals surface area contributed by atoms with Gasteiger partial charge in [0, 0.05) is 27.8 Å². The fourth-order valence-corrected chi connectivity index (χ4v) is 3.22. The summed E-state index contributed by atoms with van der Waals surface area (Å²) in [5, 5.41) is 2.10. The number of ether oxygens (including phenoxy) is 2. The Balaban J connectivity index is 0.00000204. The van der Waals surface area contributed by atoms with Crippen molar-refractivity contribution in [2.75, 3.05) is 19.0 Å². The second kappa shape index (κ2) is 11.6. The smallest absolute Gasteiger partial charge is 0.339 e. The van der Waals surface area contributed by atoms with Crippen LogP contribution in [0.3, 0.4) is 0 Å². The molecule has 2 rings (SSSR count). The topological polar surface area (TPSA) is 137 Å². The second-order valence-corrected chi connectivity index (χ2v) is 6.87. The molecule has 10 nitrogen and oxygen atoms in total. The van der Waals surface area contributed by atoms with Crippen LogP contribution in [-0.2, 0) is 14.8 Å². The summed E-state index contributed by atoms with van der Waals surface area (Å²) >= 11 is 5.75. The van der Waals surface area contributed by atoms with Gasteiger partial charge in [0.25, 0.3) is 10.0 Å². The van der Waals surface area contributed by atoms with Crippen molar-refractivity contribution in [2.45, 2.75) is 11.8 Å². The molecule has 2 amide bonds. The highest BCUT2D eigenvalue weighted by atomic mass is 36.5. The zero-order valence-corrected chi connectivity index (χ0v) is 18.1. The molecule has 1 aromatic heterocycles. The van der Waals surface area contributed by atoms with Crippen molar-refractivity contribution in [3.8, 4) is 5.88 Å². The van der Waals surface area contributed by atoms with E-state index in [0.29, 0.717) is 0 Å². The van der Waals surface area contributed by atoms with Crippen molar-refractivity contribution >= 4 is 61.3 Å². The number of nitrogens with one attached hydrogen (secondary N) is 2. The van der Waals surface area contributed by atoms with Gasteiger partial charge in [-0.25, -0.2) is 27.7 Å². The van der Waals surface area contributed by atoms with Gasteiger partial charge in [0.05, 0.1) is 19.3 Å². The maximum atomic E-state index is 12.5. The third-order valence-corrected chi connectivity index (χ3v) is 4.59. The number of esters is 1. The Labute approximate surface area is 181 Å². The van der Waals surface area contributed by atoms with Gasteiger partial charge in [-0.1, -0.05) is 23.7 Å². The van der Waals surface area contributed by atoms with Crippen molar-refractivity contribution in [2.24, 2.45) is 0 Å². The molecule has 0 aliphatic carbocycles. The predicted molar refractivity (Wildman–Crippen MR) is 107 cm³/mol. The zero-order chi connectivity index (χ0) is 22.0. The van der Waals surface area contributed by atoms with E-state index in [4.69, 9.17) is 21.1 Å². The highest BCUT2D eigenvalue weighted by Gasteiger charge is 2.25. The summed E-state index contributed by atoms with van der Waals surface area (Å²) in [6.45, 7) is 1.65. The number of aromatic nitrogens is 2. The number of amides is 2. The van der Waals surface area contributed by atoms with Crippen LogP contribution in [0.4, 0.5) is 10.7 Å². The highest BCUT2D eigenvalue weighted by Crippen LogP contribution is 2.18. The Kier molecular flexibility index (Phi) is 9.89. The number of carbonyl (C=O) groups excluding carboxylic acids is 2. The van der Waals surface area contributed by atoms with Crippen LogP contribution in [0.15, 0.2) is 35.2 Å². The van der Waals surface area contributed by atoms with Crippen molar-refractivity contribution in [3.05, 3.63) is 41.0 Å². The van der Waals surface area contributed by atoms with Gasteiger partial charge in [-0.15, -0.1) is 0 Å². The average Bonchev–Trinajstić information content (AvgIpc) is 2.68. The first-order valence-corrected chi connectivity index (χ1v) is 10.6. The molecule has 158 valence electrons. The number of rotatable bonds is 6. The summed E-state index contributed by atoms with van der Waals surface area (Å²) in [6.07, 6.45) is 0. The van der Waals surface area contributed by atoms with Gasteiger partial charge in [-0.2, -0.15) is 4.98 Å². The van der Waals surface area contributed by atoms with Crippen LogP contribution >= 0.6 is 33.3 Å². The Morgan fingerprint density at radius 1 is 1.17 bits per heavy atom. The molecule has 0 aliphatic heterocycles. The quantitative estimate of drug-likeness (QED) is 0.470. The minimum Gasteiger partial charge on any atom is -0.481 e. The number of carbonyl (C=O) groups is 2. The summed E-state index contributed by atoms with van der Waals surface area (Å²) in [7, 11) is 5.17. The molecule has 0 radical (unpaired) electrons. The standard InChI is InChI=1S/C15H15ClN4O6S.Cl2/c1-3-26-13(21)9-6-4-5-7-10(9)27(23,24)20-15(22)19-14-17-11(16)8-12(18-14)25-2;1-2/h4-8H,3H2,1-2H3,(H2,17,18,19,20,22);. The molecule has 2 aromatic rings. The molecule has 0 bridgehead atoms. The van der Waals surface area contributed by atoms with E-state index >= 15 is 0 Å². The van der Waals surface area contributed by atoms with Crippen molar-refractivity contribution in [3.63, 3.8) is 0 Å². The van der Waals surface area contributed by atoms with Crippen molar-refractivity contribution in [1.82, 2.24) is 14.7 Å². The largest absolute Gasteiger partial charge is 0.481 e. The minimum absolute atomic E-state index is 0.0207. The van der Waals surface area contributed by atoms with Gasteiger partial charge in [0.15, 0.2) is 0 Å². The van der Waals surface area contributed by atoms with Crippen LogP contribution in [-0.4, -0.2) is 44.1 Å². The predicted octanol–water partition coefficient (Wildman–Crippen LogP) is 3.20. The normalized spacial score (nSPS) is 10.2. The highest BCUT2D eigenvalue weighted by molar-refractivity contribution is 7.90. The number of hydrogen-bond acceptors (Lipinski definition) is 8. The van der Waals surface area contributed by atoms with Gasteiger partial charge in [0.2, 0.25) is 11.8 Å². The van der Waals surface area contributed by atoms with Gasteiger partial charge >= 0.3 is 12.0 Å². The zero-order valence-electron chi connectivity index (χ0n) is 15.0. The van der Waals surface area contributed by atoms with Gasteiger partial charge < -0.3 is 9.47 Å². The SMILES string of the molecule is CCOC(=O)c1ccccc1S(=O)(=O)NC(=O)Nc1nc(Cl)cc(OC)n1.ClCl. The van der Waals surface area contributed by atoms with Crippen molar-refractivity contribution in [1.29, 1.82) is 0 Å². The van der Waals surface area contributed by atoms with Crippen LogP contribution in [0.1, 0.15) is 17.3 Å². The molecule has 2 N–H and O–H groups in total. The number of hydrogen-bond donors (Lipinski definition) is 2. The lowest BCUT2D eigenvalue weighted by Crippen LogP contribution is -2.35. The van der Waals surface area contributed by atoms with E-state index in [1.807, 2.05) is 0 Å². The average molecular weight is 486 g/mol. The molecule has 29 heavy (non-hydrogen) atoms. The monoisotopic (exact) mass is 484 g/mol. The molecule has 0 atom stereocenters. The number of nitrogens with zero attached hydrogens (tertiary/aromatic N) is 2. The maximum Gasteiger partial charge on any atom is 0.339 e.